The number of amides is 2. The summed E-state index contributed by atoms with van der Waals surface area (Å²) in [6.07, 6.45) is 1.64. The number of thioether (sulfide) groups is 1. The van der Waals surface area contributed by atoms with Gasteiger partial charge in [0.25, 0.3) is 11.1 Å². The summed E-state index contributed by atoms with van der Waals surface area (Å²) in [5, 5.41) is 8.92. The van der Waals surface area contributed by atoms with Crippen LogP contribution in [0, 0.1) is 20.7 Å². The highest BCUT2D eigenvalue weighted by Crippen LogP contribution is 2.38. The van der Waals surface area contributed by atoms with Gasteiger partial charge >= 0.3 is 0 Å². The molecular weight excluding hydrogens is 594 g/mol. The number of imide groups is 1. The molecule has 1 saturated heterocycles. The lowest BCUT2D eigenvalue weighted by molar-refractivity contribution is -0.123. The molecule has 182 valence electrons. The van der Waals surface area contributed by atoms with E-state index in [2.05, 4.69) is 28.7 Å². The average molecular weight is 614 g/mol. The zero-order valence-corrected chi connectivity index (χ0v) is 22.1. The maximum absolute atomic E-state index is 13.5. The van der Waals surface area contributed by atoms with E-state index in [-0.39, 0.29) is 23.9 Å². The van der Waals surface area contributed by atoms with Gasteiger partial charge in [0, 0.05) is 0 Å². The topological polar surface area (TPSA) is 79.6 Å². The predicted octanol–water partition coefficient (Wildman–Crippen LogP) is 6.52. The molecule has 1 aliphatic rings. The smallest absolute Gasteiger partial charge is 0.293 e. The SMILES string of the molecule is CCOc1cc(/C=C2/SC(=O)N(Cc3ccccc3C#N)C2=O)cc(I)c1OCc1cccc(F)c1. The number of hydrogen-bond acceptors (Lipinski definition) is 6. The molecule has 3 aromatic rings. The van der Waals surface area contributed by atoms with Crippen LogP contribution >= 0.6 is 34.4 Å². The molecule has 1 aliphatic heterocycles. The second kappa shape index (κ2) is 11.6. The Morgan fingerprint density at radius 2 is 1.92 bits per heavy atom. The van der Waals surface area contributed by atoms with Gasteiger partial charge in [-0.25, -0.2) is 4.39 Å². The van der Waals surface area contributed by atoms with E-state index in [9.17, 15) is 19.2 Å². The number of nitrogens with zero attached hydrogens (tertiary/aromatic N) is 2. The molecule has 0 saturated carbocycles. The summed E-state index contributed by atoms with van der Waals surface area (Å²) in [6.45, 7) is 2.43. The molecule has 4 rings (SSSR count). The van der Waals surface area contributed by atoms with Crippen LogP contribution < -0.4 is 9.47 Å². The maximum atomic E-state index is 13.5. The van der Waals surface area contributed by atoms with Crippen LogP contribution in [0.4, 0.5) is 9.18 Å². The van der Waals surface area contributed by atoms with E-state index in [1.165, 1.54) is 12.1 Å². The van der Waals surface area contributed by atoms with Gasteiger partial charge in [-0.15, -0.1) is 0 Å². The maximum Gasteiger partial charge on any atom is 0.293 e. The fourth-order valence-corrected chi connectivity index (χ4v) is 5.20. The molecular formula is C27H20FIN2O4S. The molecule has 1 fully saturated rings. The van der Waals surface area contributed by atoms with E-state index in [1.54, 1.807) is 48.5 Å². The van der Waals surface area contributed by atoms with Gasteiger partial charge in [0.1, 0.15) is 12.4 Å². The fourth-order valence-electron chi connectivity index (χ4n) is 3.58. The van der Waals surface area contributed by atoms with Gasteiger partial charge in [-0.05, 0) is 94.4 Å². The quantitative estimate of drug-likeness (QED) is 0.213. The Hall–Kier alpha value is -3.36. The molecule has 0 aromatic heterocycles. The third kappa shape index (κ3) is 5.88. The van der Waals surface area contributed by atoms with Crippen molar-refractivity contribution >= 4 is 51.6 Å². The lowest BCUT2D eigenvalue weighted by atomic mass is 10.1. The van der Waals surface area contributed by atoms with Crippen LogP contribution in [-0.2, 0) is 17.9 Å². The first-order valence-electron chi connectivity index (χ1n) is 11.0. The Kier molecular flexibility index (Phi) is 8.28. The molecule has 0 unspecified atom stereocenters. The molecule has 0 aliphatic carbocycles. The monoisotopic (exact) mass is 614 g/mol. The second-order valence-corrected chi connectivity index (χ2v) is 9.87. The van der Waals surface area contributed by atoms with E-state index in [0.717, 1.165) is 20.2 Å². The molecule has 0 radical (unpaired) electrons. The fraction of sp³-hybridized carbons (Fsp3) is 0.148. The van der Waals surface area contributed by atoms with Gasteiger partial charge in [0.15, 0.2) is 11.5 Å². The second-order valence-electron chi connectivity index (χ2n) is 7.72. The van der Waals surface area contributed by atoms with Crippen molar-refractivity contribution in [3.8, 4) is 17.6 Å². The molecule has 0 bridgehead atoms. The number of benzene rings is 3. The molecule has 1 heterocycles. The summed E-state index contributed by atoms with van der Waals surface area (Å²) in [5.74, 6) is 0.239. The number of hydrogen-bond donors (Lipinski definition) is 0. The number of ether oxygens (including phenoxy) is 2. The van der Waals surface area contributed by atoms with Crippen LogP contribution in [0.25, 0.3) is 6.08 Å². The summed E-state index contributed by atoms with van der Waals surface area (Å²) in [4.78, 5) is 27.0. The van der Waals surface area contributed by atoms with Crippen LogP contribution in [-0.4, -0.2) is 22.7 Å². The molecule has 0 N–H and O–H groups in total. The summed E-state index contributed by atoms with van der Waals surface area (Å²) in [6, 6.07) is 18.7. The Labute approximate surface area is 225 Å². The number of carbonyl (C=O) groups is 2. The average Bonchev–Trinajstić information content (AvgIpc) is 3.11. The zero-order chi connectivity index (χ0) is 25.7. The van der Waals surface area contributed by atoms with Gasteiger partial charge < -0.3 is 9.47 Å². The Morgan fingerprint density at radius 1 is 1.11 bits per heavy atom. The lowest BCUT2D eigenvalue weighted by Gasteiger charge is -2.15. The highest BCUT2D eigenvalue weighted by Gasteiger charge is 2.35. The first kappa shape index (κ1) is 25.7. The predicted molar refractivity (Wildman–Crippen MR) is 144 cm³/mol. The van der Waals surface area contributed by atoms with Gasteiger partial charge in [0.05, 0.1) is 33.3 Å². The van der Waals surface area contributed by atoms with E-state index in [4.69, 9.17) is 9.47 Å². The molecule has 36 heavy (non-hydrogen) atoms. The minimum Gasteiger partial charge on any atom is -0.490 e. The molecule has 3 aromatic carbocycles. The van der Waals surface area contributed by atoms with Crippen LogP contribution in [0.2, 0.25) is 0 Å². The highest BCUT2D eigenvalue weighted by molar-refractivity contribution is 14.1. The van der Waals surface area contributed by atoms with E-state index in [0.29, 0.717) is 40.4 Å². The summed E-state index contributed by atoms with van der Waals surface area (Å²) < 4.78 is 26.0. The van der Waals surface area contributed by atoms with Crippen LogP contribution in [0.5, 0.6) is 11.5 Å². The Bertz CT molecular complexity index is 1400. The van der Waals surface area contributed by atoms with E-state index >= 15 is 0 Å². The number of halogens is 2. The summed E-state index contributed by atoms with van der Waals surface area (Å²) in [5.41, 5.74) is 2.38. The van der Waals surface area contributed by atoms with Crippen LogP contribution in [0.15, 0.2) is 65.6 Å². The molecule has 2 amide bonds. The van der Waals surface area contributed by atoms with Gasteiger partial charge in [0.2, 0.25) is 0 Å². The van der Waals surface area contributed by atoms with Crippen molar-refractivity contribution in [2.75, 3.05) is 6.61 Å². The lowest BCUT2D eigenvalue weighted by Crippen LogP contribution is -2.27. The van der Waals surface area contributed by atoms with Crippen molar-refractivity contribution < 1.29 is 23.5 Å². The van der Waals surface area contributed by atoms with Crippen LogP contribution in [0.1, 0.15) is 29.2 Å². The summed E-state index contributed by atoms with van der Waals surface area (Å²) in [7, 11) is 0. The first-order chi connectivity index (χ1) is 17.4. The first-order valence-corrected chi connectivity index (χ1v) is 12.9. The van der Waals surface area contributed by atoms with Crippen LogP contribution in [0.3, 0.4) is 0 Å². The van der Waals surface area contributed by atoms with Crippen molar-refractivity contribution in [3.05, 3.63) is 97.2 Å². The number of nitriles is 1. The Balaban J connectivity index is 1.57. The Morgan fingerprint density at radius 3 is 2.67 bits per heavy atom. The van der Waals surface area contributed by atoms with E-state index in [1.807, 2.05) is 13.0 Å². The van der Waals surface area contributed by atoms with Gasteiger partial charge in [-0.3, -0.25) is 14.5 Å². The minimum absolute atomic E-state index is 0.0281. The zero-order valence-electron chi connectivity index (χ0n) is 19.2. The molecule has 6 nitrogen and oxygen atoms in total. The third-order valence-corrected chi connectivity index (χ3v) is 6.95. The standard InChI is InChI=1S/C27H20FIN2O4S/c1-2-34-23-12-18(11-22(29)25(23)35-16-17-6-5-9-21(28)10-17)13-24-26(32)31(27(33)36-24)15-20-8-4-3-7-19(20)14-30/h3-13H,2,15-16H2,1H3/b24-13+. The van der Waals surface area contributed by atoms with Crippen molar-refractivity contribution in [2.45, 2.75) is 20.1 Å². The largest absolute Gasteiger partial charge is 0.490 e. The number of carbonyl (C=O) groups excluding carboxylic acids is 2. The van der Waals surface area contributed by atoms with Gasteiger partial charge in [-0.1, -0.05) is 30.3 Å². The normalized spacial score (nSPS) is 14.3. The number of rotatable bonds is 8. The minimum atomic E-state index is -0.419. The van der Waals surface area contributed by atoms with Crippen molar-refractivity contribution in [1.82, 2.24) is 4.90 Å². The molecule has 0 spiro atoms. The van der Waals surface area contributed by atoms with Crippen molar-refractivity contribution in [1.29, 1.82) is 5.26 Å². The molecule has 9 heteroatoms. The van der Waals surface area contributed by atoms with Gasteiger partial charge in [-0.2, -0.15) is 5.26 Å². The third-order valence-electron chi connectivity index (χ3n) is 5.24. The summed E-state index contributed by atoms with van der Waals surface area (Å²) >= 11 is 2.97. The molecule has 0 atom stereocenters. The van der Waals surface area contributed by atoms with Crippen molar-refractivity contribution in [2.24, 2.45) is 0 Å². The highest BCUT2D eigenvalue weighted by atomic mass is 127. The van der Waals surface area contributed by atoms with Crippen molar-refractivity contribution in [3.63, 3.8) is 0 Å². The van der Waals surface area contributed by atoms with E-state index < -0.39 is 11.1 Å².